The summed E-state index contributed by atoms with van der Waals surface area (Å²) < 4.78 is 5.18. The van der Waals surface area contributed by atoms with Crippen LogP contribution in [0.15, 0.2) is 42.7 Å². The molecule has 88 valence electrons. The number of benzene rings is 1. The highest BCUT2D eigenvalue weighted by atomic mass is 16.5. The number of nitrogens with one attached hydrogen (secondary N) is 1. The van der Waals surface area contributed by atoms with Gasteiger partial charge in [0.25, 0.3) is 0 Å². The van der Waals surface area contributed by atoms with Gasteiger partial charge in [0.2, 0.25) is 0 Å². The minimum Gasteiger partial charge on any atom is -0.497 e. The minimum atomic E-state index is -0.244. The molecule has 1 unspecified atom stereocenters. The van der Waals surface area contributed by atoms with Crippen molar-refractivity contribution < 1.29 is 4.74 Å². The predicted octanol–water partition coefficient (Wildman–Crippen LogP) is 1.04. The molecule has 2 aromatic rings. The van der Waals surface area contributed by atoms with Crippen molar-refractivity contribution in [2.24, 2.45) is 5.84 Å². The molecule has 0 saturated carbocycles. The van der Waals surface area contributed by atoms with E-state index < -0.39 is 0 Å². The lowest BCUT2D eigenvalue weighted by Gasteiger charge is -2.15. The summed E-state index contributed by atoms with van der Waals surface area (Å²) in [6, 6.07) is 9.16. The summed E-state index contributed by atoms with van der Waals surface area (Å²) in [5.41, 5.74) is 3.66. The van der Waals surface area contributed by atoms with Gasteiger partial charge in [-0.05, 0) is 23.8 Å². The topological polar surface area (TPSA) is 73.1 Å². The fourth-order valence-electron chi connectivity index (χ4n) is 1.60. The fourth-order valence-corrected chi connectivity index (χ4v) is 1.60. The van der Waals surface area contributed by atoms with E-state index in [1.165, 1.54) is 0 Å². The largest absolute Gasteiger partial charge is 0.497 e. The van der Waals surface area contributed by atoms with E-state index in [0.717, 1.165) is 11.3 Å². The molecular weight excluding hydrogens is 216 g/mol. The molecule has 0 spiro atoms. The van der Waals surface area contributed by atoms with Crippen molar-refractivity contribution in [2.75, 3.05) is 7.11 Å². The zero-order chi connectivity index (χ0) is 12.1. The predicted molar refractivity (Wildman–Crippen MR) is 64.2 cm³/mol. The van der Waals surface area contributed by atoms with Crippen molar-refractivity contribution in [1.82, 2.24) is 15.4 Å². The van der Waals surface area contributed by atoms with Crippen LogP contribution in [0.3, 0.4) is 0 Å². The second-order valence-electron chi connectivity index (χ2n) is 3.48. The number of nitrogens with two attached hydrogens (primary N) is 1. The molecule has 0 radical (unpaired) electrons. The van der Waals surface area contributed by atoms with Gasteiger partial charge in [-0.2, -0.15) is 0 Å². The lowest BCUT2D eigenvalue weighted by Crippen LogP contribution is -2.30. The first-order valence-electron chi connectivity index (χ1n) is 5.22. The molecule has 0 aliphatic rings. The molecule has 2 rings (SSSR count). The quantitative estimate of drug-likeness (QED) is 0.606. The van der Waals surface area contributed by atoms with Crippen LogP contribution in [0.4, 0.5) is 0 Å². The molecule has 1 aromatic carbocycles. The molecule has 1 aromatic heterocycles. The molecule has 0 fully saturated rings. The molecule has 0 aliphatic carbocycles. The Balaban J connectivity index is 2.35. The van der Waals surface area contributed by atoms with Gasteiger partial charge >= 0.3 is 0 Å². The molecule has 1 atom stereocenters. The first-order valence-corrected chi connectivity index (χ1v) is 5.22. The normalized spacial score (nSPS) is 12.1. The average molecular weight is 230 g/mol. The highest BCUT2D eigenvalue weighted by Crippen LogP contribution is 2.21. The van der Waals surface area contributed by atoms with Gasteiger partial charge in [-0.15, -0.1) is 0 Å². The molecule has 17 heavy (non-hydrogen) atoms. The summed E-state index contributed by atoms with van der Waals surface area (Å²) >= 11 is 0. The van der Waals surface area contributed by atoms with Crippen LogP contribution in [0.5, 0.6) is 5.75 Å². The third kappa shape index (κ3) is 2.58. The van der Waals surface area contributed by atoms with Crippen LogP contribution < -0.4 is 16.0 Å². The van der Waals surface area contributed by atoms with Gasteiger partial charge in [-0.25, -0.2) is 15.4 Å². The number of hydrogen-bond acceptors (Lipinski definition) is 5. The number of methoxy groups -OCH3 is 1. The zero-order valence-electron chi connectivity index (χ0n) is 9.50. The Hall–Kier alpha value is -1.98. The smallest absolute Gasteiger partial charge is 0.150 e. The SMILES string of the molecule is COc1cccc(C(NN)c2ncccn2)c1. The zero-order valence-corrected chi connectivity index (χ0v) is 9.50. The third-order valence-electron chi connectivity index (χ3n) is 2.44. The van der Waals surface area contributed by atoms with E-state index in [-0.39, 0.29) is 6.04 Å². The maximum absolute atomic E-state index is 5.56. The Kier molecular flexibility index (Phi) is 3.64. The van der Waals surface area contributed by atoms with Crippen LogP contribution in [-0.4, -0.2) is 17.1 Å². The van der Waals surface area contributed by atoms with Gasteiger partial charge < -0.3 is 4.74 Å². The van der Waals surface area contributed by atoms with Crippen molar-refractivity contribution in [2.45, 2.75) is 6.04 Å². The van der Waals surface area contributed by atoms with Crippen molar-refractivity contribution in [3.8, 4) is 5.75 Å². The van der Waals surface area contributed by atoms with E-state index in [1.807, 2.05) is 24.3 Å². The van der Waals surface area contributed by atoms with Gasteiger partial charge in [0.15, 0.2) is 5.82 Å². The van der Waals surface area contributed by atoms with Crippen LogP contribution in [-0.2, 0) is 0 Å². The van der Waals surface area contributed by atoms with Crippen molar-refractivity contribution in [1.29, 1.82) is 0 Å². The molecule has 3 N–H and O–H groups in total. The number of ether oxygens (including phenoxy) is 1. The number of hydrogen-bond donors (Lipinski definition) is 2. The minimum absolute atomic E-state index is 0.244. The van der Waals surface area contributed by atoms with Gasteiger partial charge in [0, 0.05) is 12.4 Å². The van der Waals surface area contributed by atoms with Crippen LogP contribution in [0.2, 0.25) is 0 Å². The standard InChI is InChI=1S/C12H14N4O/c1-17-10-5-2-4-9(8-10)11(16-13)12-14-6-3-7-15-12/h2-8,11,16H,13H2,1H3. The molecule has 0 aliphatic heterocycles. The Morgan fingerprint density at radius 1 is 1.24 bits per heavy atom. The van der Waals surface area contributed by atoms with Crippen LogP contribution in [0.25, 0.3) is 0 Å². The third-order valence-corrected chi connectivity index (χ3v) is 2.44. The number of aromatic nitrogens is 2. The molecule has 0 bridgehead atoms. The Bertz CT molecular complexity index is 475. The molecule has 5 nitrogen and oxygen atoms in total. The maximum atomic E-state index is 5.56. The number of rotatable bonds is 4. The number of nitrogens with zero attached hydrogens (tertiary/aromatic N) is 2. The summed E-state index contributed by atoms with van der Waals surface area (Å²) in [6.45, 7) is 0. The molecule has 0 amide bonds. The monoisotopic (exact) mass is 230 g/mol. The van der Waals surface area contributed by atoms with E-state index in [9.17, 15) is 0 Å². The summed E-state index contributed by atoms with van der Waals surface area (Å²) in [6.07, 6.45) is 3.37. The Labute approximate surface area is 99.6 Å². The first kappa shape index (κ1) is 11.5. The molecule has 0 saturated heterocycles. The number of hydrazine groups is 1. The second kappa shape index (κ2) is 5.38. The van der Waals surface area contributed by atoms with E-state index in [0.29, 0.717) is 5.82 Å². The summed E-state index contributed by atoms with van der Waals surface area (Å²) in [7, 11) is 1.63. The lowest BCUT2D eigenvalue weighted by atomic mass is 10.1. The van der Waals surface area contributed by atoms with Crippen molar-refractivity contribution in [3.63, 3.8) is 0 Å². The average Bonchev–Trinajstić information content (AvgIpc) is 2.41. The highest BCUT2D eigenvalue weighted by Gasteiger charge is 2.15. The van der Waals surface area contributed by atoms with E-state index >= 15 is 0 Å². The van der Waals surface area contributed by atoms with Crippen molar-refractivity contribution in [3.05, 3.63) is 54.1 Å². The summed E-state index contributed by atoms with van der Waals surface area (Å²) in [4.78, 5) is 8.37. The van der Waals surface area contributed by atoms with Gasteiger partial charge in [0.1, 0.15) is 11.8 Å². The Morgan fingerprint density at radius 2 is 2.00 bits per heavy atom. The lowest BCUT2D eigenvalue weighted by molar-refractivity contribution is 0.413. The van der Waals surface area contributed by atoms with Crippen LogP contribution in [0.1, 0.15) is 17.4 Å². The van der Waals surface area contributed by atoms with Gasteiger partial charge in [-0.3, -0.25) is 5.84 Å². The first-order chi connectivity index (χ1) is 8.35. The second-order valence-corrected chi connectivity index (χ2v) is 3.48. The summed E-state index contributed by atoms with van der Waals surface area (Å²) in [5, 5.41) is 0. The van der Waals surface area contributed by atoms with E-state index in [1.54, 1.807) is 25.6 Å². The molecular formula is C12H14N4O. The van der Waals surface area contributed by atoms with E-state index in [2.05, 4.69) is 15.4 Å². The summed E-state index contributed by atoms with van der Waals surface area (Å²) in [5.74, 6) is 6.96. The molecule has 1 heterocycles. The van der Waals surface area contributed by atoms with Crippen molar-refractivity contribution >= 4 is 0 Å². The Morgan fingerprint density at radius 3 is 2.65 bits per heavy atom. The fraction of sp³-hybridized carbons (Fsp3) is 0.167. The van der Waals surface area contributed by atoms with E-state index in [4.69, 9.17) is 10.6 Å². The molecule has 5 heteroatoms. The van der Waals surface area contributed by atoms with Gasteiger partial charge in [-0.1, -0.05) is 12.1 Å². The van der Waals surface area contributed by atoms with Gasteiger partial charge in [0.05, 0.1) is 7.11 Å². The van der Waals surface area contributed by atoms with Crippen LogP contribution >= 0.6 is 0 Å². The van der Waals surface area contributed by atoms with Crippen LogP contribution in [0, 0.1) is 0 Å². The maximum Gasteiger partial charge on any atom is 0.150 e. The highest BCUT2D eigenvalue weighted by molar-refractivity contribution is 5.33.